The Balaban J connectivity index is 1.56. The molecule has 0 aliphatic heterocycles. The first-order chi connectivity index (χ1) is 13.6. The number of amides is 2. The Bertz CT molecular complexity index is 940. The highest BCUT2D eigenvalue weighted by Gasteiger charge is 2.07. The van der Waals surface area contributed by atoms with Gasteiger partial charge in [-0.3, -0.25) is 0 Å². The van der Waals surface area contributed by atoms with E-state index < -0.39 is 0 Å². The van der Waals surface area contributed by atoms with E-state index in [4.69, 9.17) is 4.74 Å². The number of anilines is 1. The number of rotatable bonds is 7. The average molecular weight is 398 g/mol. The number of hydrogen-bond acceptors (Lipinski definition) is 5. The van der Waals surface area contributed by atoms with E-state index >= 15 is 0 Å². The number of carbonyl (C=O) groups is 1. The molecular formula is C20H19FN4O2S. The van der Waals surface area contributed by atoms with Gasteiger partial charge in [-0.2, -0.15) is 0 Å². The maximum Gasteiger partial charge on any atom is 0.319 e. The van der Waals surface area contributed by atoms with E-state index in [1.165, 1.54) is 24.9 Å². The molecule has 0 aliphatic rings. The first kappa shape index (κ1) is 19.8. The predicted octanol–water partition coefficient (Wildman–Crippen LogP) is 4.24. The maximum absolute atomic E-state index is 13.6. The van der Waals surface area contributed by atoms with Crippen molar-refractivity contribution in [3.8, 4) is 0 Å². The second-order valence-electron chi connectivity index (χ2n) is 5.82. The zero-order valence-corrected chi connectivity index (χ0v) is 16.0. The molecule has 0 saturated heterocycles. The van der Waals surface area contributed by atoms with Crippen molar-refractivity contribution in [3.05, 3.63) is 77.9 Å². The summed E-state index contributed by atoms with van der Waals surface area (Å²) in [6.45, 7) is 0.447. The van der Waals surface area contributed by atoms with Crippen LogP contribution in [0, 0.1) is 5.82 Å². The average Bonchev–Trinajstić information content (AvgIpc) is 2.70. The maximum atomic E-state index is 13.6. The minimum absolute atomic E-state index is 0.180. The third kappa shape index (κ3) is 5.77. The van der Waals surface area contributed by atoms with Crippen LogP contribution in [0.15, 0.2) is 71.0 Å². The van der Waals surface area contributed by atoms with Gasteiger partial charge in [-0.25, -0.2) is 19.2 Å². The lowest BCUT2D eigenvalue weighted by atomic mass is 10.1. The highest BCUT2D eigenvalue weighted by Crippen LogP contribution is 2.25. The highest BCUT2D eigenvalue weighted by molar-refractivity contribution is 7.99. The first-order valence-corrected chi connectivity index (χ1v) is 9.32. The van der Waals surface area contributed by atoms with E-state index in [1.807, 2.05) is 18.2 Å². The summed E-state index contributed by atoms with van der Waals surface area (Å²) in [7, 11) is 1.51. The second-order valence-corrected chi connectivity index (χ2v) is 6.86. The van der Waals surface area contributed by atoms with Gasteiger partial charge in [0, 0.05) is 37.3 Å². The molecule has 2 aromatic heterocycles. The number of hydrogen-bond donors (Lipinski definition) is 2. The van der Waals surface area contributed by atoms with Crippen LogP contribution in [0.2, 0.25) is 0 Å². The van der Waals surface area contributed by atoms with Gasteiger partial charge in [0.1, 0.15) is 15.9 Å². The van der Waals surface area contributed by atoms with Crippen molar-refractivity contribution in [2.45, 2.75) is 23.2 Å². The molecule has 0 aliphatic carbocycles. The van der Waals surface area contributed by atoms with Crippen LogP contribution in [0.3, 0.4) is 0 Å². The molecule has 1 aromatic carbocycles. The summed E-state index contributed by atoms with van der Waals surface area (Å²) < 4.78 is 18.6. The molecule has 2 amide bonds. The number of nitrogens with one attached hydrogen (secondary N) is 2. The van der Waals surface area contributed by atoms with E-state index in [-0.39, 0.29) is 25.0 Å². The van der Waals surface area contributed by atoms with Gasteiger partial charge >= 0.3 is 6.03 Å². The molecular weight excluding hydrogens is 379 g/mol. The third-order valence-electron chi connectivity index (χ3n) is 3.70. The van der Waals surface area contributed by atoms with Crippen molar-refractivity contribution in [2.75, 3.05) is 12.4 Å². The number of urea groups is 1. The van der Waals surface area contributed by atoms with Gasteiger partial charge in [0.25, 0.3) is 0 Å². The molecule has 3 aromatic rings. The SMILES string of the molecule is COCc1cc(CNC(=O)Nc2ccnc(Sc3ccccn3)c2)ccc1F. The molecule has 28 heavy (non-hydrogen) atoms. The molecule has 2 heterocycles. The van der Waals surface area contributed by atoms with E-state index in [0.717, 1.165) is 15.6 Å². The first-order valence-electron chi connectivity index (χ1n) is 8.50. The summed E-state index contributed by atoms with van der Waals surface area (Å²) in [5, 5.41) is 7.06. The predicted molar refractivity (Wildman–Crippen MR) is 106 cm³/mol. The van der Waals surface area contributed by atoms with Gasteiger partial charge in [-0.15, -0.1) is 0 Å². The number of ether oxygens (including phenoxy) is 1. The molecule has 0 atom stereocenters. The third-order valence-corrected chi connectivity index (χ3v) is 4.59. The number of benzene rings is 1. The number of methoxy groups -OCH3 is 1. The largest absolute Gasteiger partial charge is 0.380 e. The van der Waals surface area contributed by atoms with Crippen molar-refractivity contribution in [1.29, 1.82) is 0 Å². The molecule has 0 unspecified atom stereocenters. The smallest absolute Gasteiger partial charge is 0.319 e. The van der Waals surface area contributed by atoms with Gasteiger partial charge in [-0.05, 0) is 42.0 Å². The summed E-state index contributed by atoms with van der Waals surface area (Å²) >= 11 is 1.41. The monoisotopic (exact) mass is 398 g/mol. The molecule has 0 bridgehead atoms. The molecule has 0 saturated carbocycles. The molecule has 3 rings (SSSR count). The Morgan fingerprint density at radius 3 is 2.75 bits per heavy atom. The van der Waals surface area contributed by atoms with E-state index in [9.17, 15) is 9.18 Å². The molecule has 2 N–H and O–H groups in total. The zero-order valence-electron chi connectivity index (χ0n) is 15.2. The van der Waals surface area contributed by atoms with Crippen molar-refractivity contribution in [1.82, 2.24) is 15.3 Å². The minimum Gasteiger partial charge on any atom is -0.380 e. The molecule has 144 valence electrons. The Morgan fingerprint density at radius 1 is 1.11 bits per heavy atom. The lowest BCUT2D eigenvalue weighted by Gasteiger charge is -2.10. The molecule has 0 radical (unpaired) electrons. The molecule has 0 spiro atoms. The van der Waals surface area contributed by atoms with Crippen molar-refractivity contribution in [2.24, 2.45) is 0 Å². The second kappa shape index (κ2) is 9.82. The summed E-state index contributed by atoms with van der Waals surface area (Å²) in [5.74, 6) is -0.329. The fourth-order valence-corrected chi connectivity index (χ4v) is 3.19. The number of halogens is 1. The van der Waals surface area contributed by atoms with Crippen molar-refractivity contribution in [3.63, 3.8) is 0 Å². The summed E-state index contributed by atoms with van der Waals surface area (Å²) in [5.41, 5.74) is 1.85. The quantitative estimate of drug-likeness (QED) is 0.623. The van der Waals surface area contributed by atoms with Crippen LogP contribution in [0.25, 0.3) is 0 Å². The molecule has 0 fully saturated rings. The Hall–Kier alpha value is -2.97. The Morgan fingerprint density at radius 2 is 1.96 bits per heavy atom. The van der Waals surface area contributed by atoms with Crippen LogP contribution in [0.1, 0.15) is 11.1 Å². The number of carbonyl (C=O) groups excluding carboxylic acids is 1. The normalized spacial score (nSPS) is 10.5. The van der Waals surface area contributed by atoms with Crippen LogP contribution < -0.4 is 10.6 Å². The Labute approximate surface area is 166 Å². The van der Waals surface area contributed by atoms with Gasteiger partial charge < -0.3 is 15.4 Å². The van der Waals surface area contributed by atoms with Crippen LogP contribution in [-0.2, 0) is 17.9 Å². The summed E-state index contributed by atoms with van der Waals surface area (Å²) in [6, 6.07) is 13.4. The topological polar surface area (TPSA) is 76.1 Å². The number of aromatic nitrogens is 2. The van der Waals surface area contributed by atoms with Gasteiger partial charge in [-0.1, -0.05) is 23.9 Å². The van der Waals surface area contributed by atoms with Crippen molar-refractivity contribution >= 4 is 23.5 Å². The lowest BCUT2D eigenvalue weighted by molar-refractivity contribution is 0.181. The summed E-state index contributed by atoms with van der Waals surface area (Å²) in [4.78, 5) is 20.7. The molecule has 8 heteroatoms. The Kier molecular flexibility index (Phi) is 6.94. The van der Waals surface area contributed by atoms with Crippen LogP contribution in [0.5, 0.6) is 0 Å². The van der Waals surface area contributed by atoms with E-state index in [1.54, 1.807) is 36.7 Å². The molecule has 6 nitrogen and oxygen atoms in total. The van der Waals surface area contributed by atoms with Gasteiger partial charge in [0.15, 0.2) is 0 Å². The minimum atomic E-state index is -0.363. The van der Waals surface area contributed by atoms with E-state index in [2.05, 4.69) is 20.6 Å². The number of pyridine rings is 2. The van der Waals surface area contributed by atoms with Gasteiger partial charge in [0.05, 0.1) is 6.61 Å². The van der Waals surface area contributed by atoms with Crippen LogP contribution in [-0.4, -0.2) is 23.1 Å². The standard InChI is InChI=1S/C20H19FN4O2S/c1-27-13-15-10-14(5-6-17(15)21)12-24-20(26)25-16-7-9-23-19(11-16)28-18-4-2-3-8-22-18/h2-11H,12-13H2,1H3,(H2,23,24,25,26). The van der Waals surface area contributed by atoms with Crippen LogP contribution in [0.4, 0.5) is 14.9 Å². The fraction of sp³-hybridized carbons (Fsp3) is 0.150. The highest BCUT2D eigenvalue weighted by atomic mass is 32.2. The lowest BCUT2D eigenvalue weighted by Crippen LogP contribution is -2.28. The number of nitrogens with zero attached hydrogens (tertiary/aromatic N) is 2. The van der Waals surface area contributed by atoms with Gasteiger partial charge in [0.2, 0.25) is 0 Å². The van der Waals surface area contributed by atoms with Crippen molar-refractivity contribution < 1.29 is 13.9 Å². The zero-order chi connectivity index (χ0) is 19.8. The summed E-state index contributed by atoms with van der Waals surface area (Å²) in [6.07, 6.45) is 3.34. The van der Waals surface area contributed by atoms with E-state index in [0.29, 0.717) is 11.3 Å². The van der Waals surface area contributed by atoms with Crippen LogP contribution >= 0.6 is 11.8 Å². The fourth-order valence-electron chi connectivity index (χ4n) is 2.42.